The van der Waals surface area contributed by atoms with Crippen LogP contribution >= 0.6 is 24.0 Å². The number of guanidine groups is 1. The molecule has 1 unspecified atom stereocenters. The number of hydrogen-bond acceptors (Lipinski definition) is 3. The Morgan fingerprint density at radius 1 is 1.09 bits per heavy atom. The van der Waals surface area contributed by atoms with Crippen LogP contribution in [-0.2, 0) is 0 Å². The van der Waals surface area contributed by atoms with Crippen molar-refractivity contribution in [2.24, 2.45) is 16.6 Å². The zero-order valence-corrected chi connectivity index (χ0v) is 17.4. The van der Waals surface area contributed by atoms with Crippen LogP contribution in [0, 0.1) is 5.92 Å². The molecule has 0 aliphatic carbocycles. The number of likely N-dealkylation sites (tertiary alicyclic amines) is 1. The molecule has 2 rings (SSSR count). The molecule has 0 amide bonds. The predicted octanol–water partition coefficient (Wildman–Crippen LogP) is 2.07. The van der Waals surface area contributed by atoms with Gasteiger partial charge in [-0.1, -0.05) is 13.8 Å². The third kappa shape index (κ3) is 7.56. The zero-order valence-electron chi connectivity index (χ0n) is 15.0. The minimum atomic E-state index is 0. The normalized spacial score (nSPS) is 24.5. The van der Waals surface area contributed by atoms with Crippen molar-refractivity contribution in [1.29, 1.82) is 0 Å². The van der Waals surface area contributed by atoms with E-state index in [-0.39, 0.29) is 24.0 Å². The van der Waals surface area contributed by atoms with Gasteiger partial charge in [0.15, 0.2) is 5.96 Å². The smallest absolute Gasteiger partial charge is 0.191 e. The highest BCUT2D eigenvalue weighted by molar-refractivity contribution is 14.0. The van der Waals surface area contributed by atoms with Crippen LogP contribution in [0.4, 0.5) is 0 Å². The number of nitrogens with zero attached hydrogens (tertiary/aromatic N) is 4. The number of nitrogens with two attached hydrogens (primary N) is 1. The first-order valence-electron chi connectivity index (χ1n) is 9.18. The third-order valence-corrected chi connectivity index (χ3v) is 5.05. The fraction of sp³-hybridized carbons (Fsp3) is 0.941. The monoisotopic (exact) mass is 437 g/mol. The molecule has 0 radical (unpaired) electrons. The molecular weight excluding hydrogens is 401 g/mol. The Hall–Kier alpha value is -0.0800. The molecule has 5 nitrogen and oxygen atoms in total. The summed E-state index contributed by atoms with van der Waals surface area (Å²) >= 11 is 0. The van der Waals surface area contributed by atoms with E-state index >= 15 is 0 Å². The first-order chi connectivity index (χ1) is 10.7. The maximum absolute atomic E-state index is 6.13. The van der Waals surface area contributed by atoms with Crippen molar-refractivity contribution in [3.05, 3.63) is 0 Å². The number of rotatable bonds is 6. The van der Waals surface area contributed by atoms with E-state index in [0.717, 1.165) is 37.9 Å². The van der Waals surface area contributed by atoms with Crippen molar-refractivity contribution in [3.63, 3.8) is 0 Å². The van der Waals surface area contributed by atoms with Gasteiger partial charge >= 0.3 is 0 Å². The average molecular weight is 437 g/mol. The van der Waals surface area contributed by atoms with Crippen LogP contribution in [0.5, 0.6) is 0 Å². The number of hydrogen-bond donors (Lipinski definition) is 1. The molecule has 2 N–H and O–H groups in total. The predicted molar refractivity (Wildman–Crippen MR) is 110 cm³/mol. The summed E-state index contributed by atoms with van der Waals surface area (Å²) in [6, 6.07) is 0. The van der Waals surface area contributed by atoms with Gasteiger partial charge in [-0.2, -0.15) is 0 Å². The van der Waals surface area contributed by atoms with Gasteiger partial charge in [-0.15, -0.1) is 24.0 Å². The lowest BCUT2D eigenvalue weighted by atomic mass is 10.0. The third-order valence-electron chi connectivity index (χ3n) is 5.05. The summed E-state index contributed by atoms with van der Waals surface area (Å²) in [5.41, 5.74) is 6.13. The van der Waals surface area contributed by atoms with Crippen molar-refractivity contribution < 1.29 is 0 Å². The molecular formula is C17H36IN5. The number of halogens is 1. The van der Waals surface area contributed by atoms with Gasteiger partial charge in [-0.3, -0.25) is 4.99 Å². The Balaban J connectivity index is 0.00000264. The van der Waals surface area contributed by atoms with Crippen LogP contribution in [0.3, 0.4) is 0 Å². The van der Waals surface area contributed by atoms with Crippen LogP contribution in [0.25, 0.3) is 0 Å². The Kier molecular flexibility index (Phi) is 10.5. The standard InChI is InChI=1S/C17H35N5.HI/c1-3-20-11-13-21(14-12-20)9-5-4-8-19-17(18)22-10-6-7-16(2)15-22;/h16H,3-15H2,1-2H3,(H2,18,19);1H. The van der Waals surface area contributed by atoms with Crippen molar-refractivity contribution in [2.75, 3.05) is 58.9 Å². The van der Waals surface area contributed by atoms with Gasteiger partial charge in [0.25, 0.3) is 0 Å². The molecule has 2 heterocycles. The van der Waals surface area contributed by atoms with Crippen LogP contribution in [-0.4, -0.2) is 79.6 Å². The number of likely N-dealkylation sites (N-methyl/N-ethyl adjacent to an activating group) is 1. The lowest BCUT2D eigenvalue weighted by molar-refractivity contribution is 0.136. The average Bonchev–Trinajstić information content (AvgIpc) is 2.55. The second-order valence-corrected chi connectivity index (χ2v) is 6.92. The first kappa shape index (κ1) is 21.0. The molecule has 1 atom stereocenters. The highest BCUT2D eigenvalue weighted by atomic mass is 127. The molecule has 2 fully saturated rings. The Labute approximate surface area is 159 Å². The van der Waals surface area contributed by atoms with Gasteiger partial charge in [0.1, 0.15) is 0 Å². The van der Waals surface area contributed by atoms with Crippen LogP contribution in [0.15, 0.2) is 4.99 Å². The summed E-state index contributed by atoms with van der Waals surface area (Å²) < 4.78 is 0. The van der Waals surface area contributed by atoms with Gasteiger partial charge in [-0.25, -0.2) is 0 Å². The van der Waals surface area contributed by atoms with E-state index in [1.54, 1.807) is 0 Å². The van der Waals surface area contributed by atoms with Crippen molar-refractivity contribution in [3.8, 4) is 0 Å². The first-order valence-corrected chi connectivity index (χ1v) is 9.18. The van der Waals surface area contributed by atoms with E-state index in [1.165, 1.54) is 58.5 Å². The zero-order chi connectivity index (χ0) is 15.8. The van der Waals surface area contributed by atoms with Crippen LogP contribution in [0.1, 0.15) is 39.5 Å². The minimum absolute atomic E-state index is 0. The quantitative estimate of drug-likeness (QED) is 0.299. The summed E-state index contributed by atoms with van der Waals surface area (Å²) in [4.78, 5) is 12.0. The maximum Gasteiger partial charge on any atom is 0.191 e. The van der Waals surface area contributed by atoms with Crippen molar-refractivity contribution in [1.82, 2.24) is 14.7 Å². The maximum atomic E-state index is 6.13. The van der Waals surface area contributed by atoms with Gasteiger partial charge in [0, 0.05) is 45.8 Å². The minimum Gasteiger partial charge on any atom is -0.370 e. The van der Waals surface area contributed by atoms with E-state index in [2.05, 4.69) is 33.5 Å². The SMILES string of the molecule is CCN1CCN(CCCCN=C(N)N2CCCC(C)C2)CC1.I. The molecule has 2 aliphatic rings. The number of piperidine rings is 1. The van der Waals surface area contributed by atoms with Gasteiger partial charge in [-0.05, 0) is 44.7 Å². The van der Waals surface area contributed by atoms with Gasteiger partial charge in [0.05, 0.1) is 0 Å². The number of piperazine rings is 1. The molecule has 2 aliphatic heterocycles. The Morgan fingerprint density at radius 3 is 2.43 bits per heavy atom. The van der Waals surface area contributed by atoms with E-state index in [1.807, 2.05) is 0 Å². The fourth-order valence-corrected chi connectivity index (χ4v) is 3.47. The van der Waals surface area contributed by atoms with E-state index in [9.17, 15) is 0 Å². The molecule has 0 aromatic carbocycles. The van der Waals surface area contributed by atoms with Crippen LogP contribution in [0.2, 0.25) is 0 Å². The molecule has 136 valence electrons. The van der Waals surface area contributed by atoms with Crippen molar-refractivity contribution in [2.45, 2.75) is 39.5 Å². The molecule has 2 saturated heterocycles. The van der Waals surface area contributed by atoms with E-state index < -0.39 is 0 Å². The molecule has 0 aromatic heterocycles. The highest BCUT2D eigenvalue weighted by Gasteiger charge is 2.17. The Morgan fingerprint density at radius 2 is 1.78 bits per heavy atom. The molecule has 0 saturated carbocycles. The molecule has 0 aromatic rings. The molecule has 0 bridgehead atoms. The summed E-state index contributed by atoms with van der Waals surface area (Å²) in [6.07, 6.45) is 4.97. The second-order valence-electron chi connectivity index (χ2n) is 6.92. The number of aliphatic imine (C=N–C) groups is 1. The molecule has 6 heteroatoms. The largest absolute Gasteiger partial charge is 0.370 e. The lowest BCUT2D eigenvalue weighted by Crippen LogP contribution is -2.46. The lowest BCUT2D eigenvalue weighted by Gasteiger charge is -2.34. The van der Waals surface area contributed by atoms with E-state index in [4.69, 9.17) is 5.73 Å². The summed E-state index contributed by atoms with van der Waals surface area (Å²) in [5.74, 6) is 1.52. The molecule has 0 spiro atoms. The topological polar surface area (TPSA) is 48.1 Å². The Bertz CT molecular complexity index is 342. The van der Waals surface area contributed by atoms with Crippen LogP contribution < -0.4 is 5.73 Å². The molecule has 23 heavy (non-hydrogen) atoms. The van der Waals surface area contributed by atoms with Crippen molar-refractivity contribution >= 4 is 29.9 Å². The second kappa shape index (κ2) is 11.5. The fourth-order valence-electron chi connectivity index (χ4n) is 3.47. The van der Waals surface area contributed by atoms with Gasteiger partial charge < -0.3 is 20.4 Å². The highest BCUT2D eigenvalue weighted by Crippen LogP contribution is 2.14. The summed E-state index contributed by atoms with van der Waals surface area (Å²) in [7, 11) is 0. The number of unbranched alkanes of at least 4 members (excludes halogenated alkanes) is 1. The van der Waals surface area contributed by atoms with Gasteiger partial charge in [0.2, 0.25) is 0 Å². The summed E-state index contributed by atoms with van der Waals surface area (Å²) in [6.45, 7) is 14.9. The van der Waals surface area contributed by atoms with E-state index in [0.29, 0.717) is 0 Å². The summed E-state index contributed by atoms with van der Waals surface area (Å²) in [5, 5.41) is 0.